The largest absolute Gasteiger partial charge is 0.493 e. The molecule has 0 radical (unpaired) electrons. The van der Waals surface area contributed by atoms with E-state index in [4.69, 9.17) is 21.1 Å². The molecule has 2 rings (SSSR count). The van der Waals surface area contributed by atoms with E-state index in [1.165, 1.54) is 11.1 Å². The van der Waals surface area contributed by atoms with Gasteiger partial charge >= 0.3 is 0 Å². The first-order valence-corrected chi connectivity index (χ1v) is 8.22. The quantitative estimate of drug-likeness (QED) is 0.795. The zero-order chi connectivity index (χ0) is 15.2. The van der Waals surface area contributed by atoms with E-state index < -0.39 is 0 Å². The Kier molecular flexibility index (Phi) is 6.34. The number of nitrogens with one attached hydrogen (secondary N) is 1. The van der Waals surface area contributed by atoms with E-state index in [0.717, 1.165) is 49.6 Å². The van der Waals surface area contributed by atoms with E-state index >= 15 is 0 Å². The number of halogens is 1. The molecular formula is C17H26ClNO2. The monoisotopic (exact) mass is 311 g/mol. The van der Waals surface area contributed by atoms with Crippen molar-refractivity contribution in [1.82, 2.24) is 5.32 Å². The summed E-state index contributed by atoms with van der Waals surface area (Å²) < 4.78 is 11.2. The van der Waals surface area contributed by atoms with Gasteiger partial charge in [-0.05, 0) is 56.0 Å². The first-order valence-electron chi connectivity index (χ1n) is 7.84. The first kappa shape index (κ1) is 16.6. The molecule has 0 aliphatic carbocycles. The summed E-state index contributed by atoms with van der Waals surface area (Å²) in [4.78, 5) is 0. The van der Waals surface area contributed by atoms with Crippen molar-refractivity contribution in [2.24, 2.45) is 0 Å². The summed E-state index contributed by atoms with van der Waals surface area (Å²) in [5.41, 5.74) is 2.46. The van der Waals surface area contributed by atoms with Crippen LogP contribution < -0.4 is 10.1 Å². The molecule has 2 unspecified atom stereocenters. The van der Waals surface area contributed by atoms with Gasteiger partial charge in [-0.15, -0.1) is 0 Å². The zero-order valence-electron chi connectivity index (χ0n) is 13.2. The SMILES string of the molecule is CCCNC(Cc1cc(Cl)cc2c1OCC2)CC(C)OC. The van der Waals surface area contributed by atoms with Crippen LogP contribution in [0.4, 0.5) is 0 Å². The molecule has 1 N–H and O–H groups in total. The van der Waals surface area contributed by atoms with Crippen LogP contribution in [0.5, 0.6) is 5.75 Å². The third kappa shape index (κ3) is 4.60. The second kappa shape index (κ2) is 8.02. The molecule has 1 aromatic carbocycles. The van der Waals surface area contributed by atoms with Crippen LogP contribution in [0.1, 0.15) is 37.8 Å². The molecule has 0 saturated heterocycles. The number of benzene rings is 1. The van der Waals surface area contributed by atoms with Gasteiger partial charge in [0.15, 0.2) is 0 Å². The third-order valence-corrected chi connectivity index (χ3v) is 4.21. The number of hydrogen-bond donors (Lipinski definition) is 1. The van der Waals surface area contributed by atoms with Crippen LogP contribution in [0.3, 0.4) is 0 Å². The molecule has 21 heavy (non-hydrogen) atoms. The van der Waals surface area contributed by atoms with Crippen molar-refractivity contribution >= 4 is 11.6 Å². The van der Waals surface area contributed by atoms with Crippen molar-refractivity contribution in [2.45, 2.75) is 51.7 Å². The number of hydrogen-bond acceptors (Lipinski definition) is 3. The van der Waals surface area contributed by atoms with Crippen molar-refractivity contribution in [3.63, 3.8) is 0 Å². The third-order valence-electron chi connectivity index (χ3n) is 3.99. The van der Waals surface area contributed by atoms with Gasteiger partial charge in [0.25, 0.3) is 0 Å². The Balaban J connectivity index is 2.12. The summed E-state index contributed by atoms with van der Waals surface area (Å²) in [6, 6.07) is 4.45. The Morgan fingerprint density at radius 3 is 2.95 bits per heavy atom. The Morgan fingerprint density at radius 1 is 1.43 bits per heavy atom. The fourth-order valence-corrected chi connectivity index (χ4v) is 3.11. The molecule has 2 atom stereocenters. The van der Waals surface area contributed by atoms with Gasteiger partial charge < -0.3 is 14.8 Å². The average Bonchev–Trinajstić information content (AvgIpc) is 2.92. The lowest BCUT2D eigenvalue weighted by Gasteiger charge is -2.22. The van der Waals surface area contributed by atoms with Crippen LogP contribution >= 0.6 is 11.6 Å². The molecule has 1 aliphatic heterocycles. The molecular weight excluding hydrogens is 286 g/mol. The van der Waals surface area contributed by atoms with E-state index in [1.807, 2.05) is 12.1 Å². The summed E-state index contributed by atoms with van der Waals surface area (Å²) >= 11 is 6.25. The van der Waals surface area contributed by atoms with E-state index in [0.29, 0.717) is 6.04 Å². The molecule has 4 heteroatoms. The molecule has 0 saturated carbocycles. The molecule has 118 valence electrons. The van der Waals surface area contributed by atoms with Gasteiger partial charge in [0, 0.05) is 24.6 Å². The van der Waals surface area contributed by atoms with Crippen molar-refractivity contribution in [3.8, 4) is 5.75 Å². The maximum Gasteiger partial charge on any atom is 0.125 e. The number of fused-ring (bicyclic) bond motifs is 1. The molecule has 1 aliphatic rings. The molecule has 0 bridgehead atoms. The van der Waals surface area contributed by atoms with E-state index in [-0.39, 0.29) is 6.10 Å². The molecule has 0 amide bonds. The van der Waals surface area contributed by atoms with Crippen molar-refractivity contribution in [3.05, 3.63) is 28.3 Å². The van der Waals surface area contributed by atoms with Crippen LogP contribution in [-0.2, 0) is 17.6 Å². The van der Waals surface area contributed by atoms with Crippen molar-refractivity contribution < 1.29 is 9.47 Å². The fourth-order valence-electron chi connectivity index (χ4n) is 2.85. The van der Waals surface area contributed by atoms with Gasteiger partial charge in [-0.3, -0.25) is 0 Å². The van der Waals surface area contributed by atoms with Crippen LogP contribution in [0.2, 0.25) is 5.02 Å². The summed E-state index contributed by atoms with van der Waals surface area (Å²) in [6.07, 6.45) is 4.24. The Bertz CT molecular complexity index is 464. The second-order valence-electron chi connectivity index (χ2n) is 5.79. The van der Waals surface area contributed by atoms with Crippen LogP contribution in [0, 0.1) is 0 Å². The second-order valence-corrected chi connectivity index (χ2v) is 6.23. The molecule has 1 aromatic rings. The van der Waals surface area contributed by atoms with Crippen LogP contribution in [0.25, 0.3) is 0 Å². The molecule has 0 aromatic heterocycles. The lowest BCUT2D eigenvalue weighted by molar-refractivity contribution is 0.100. The Morgan fingerprint density at radius 2 is 2.24 bits per heavy atom. The minimum absolute atomic E-state index is 0.243. The minimum atomic E-state index is 0.243. The van der Waals surface area contributed by atoms with Crippen molar-refractivity contribution in [2.75, 3.05) is 20.3 Å². The highest BCUT2D eigenvalue weighted by molar-refractivity contribution is 6.30. The Labute approximate surface area is 133 Å². The van der Waals surface area contributed by atoms with E-state index in [9.17, 15) is 0 Å². The zero-order valence-corrected chi connectivity index (χ0v) is 14.0. The van der Waals surface area contributed by atoms with Gasteiger partial charge in [-0.1, -0.05) is 18.5 Å². The van der Waals surface area contributed by atoms with E-state index in [1.54, 1.807) is 7.11 Å². The predicted octanol–water partition coefficient (Wildman–Crippen LogP) is 3.61. The highest BCUT2D eigenvalue weighted by Gasteiger charge is 2.21. The summed E-state index contributed by atoms with van der Waals surface area (Å²) in [7, 11) is 1.77. The highest BCUT2D eigenvalue weighted by Crippen LogP contribution is 2.33. The standard InChI is InChI=1S/C17H26ClNO2/c1-4-6-19-16(8-12(2)20-3)11-14-10-15(18)9-13-5-7-21-17(13)14/h9-10,12,16,19H,4-8,11H2,1-3H3. The number of ether oxygens (including phenoxy) is 2. The predicted molar refractivity (Wildman–Crippen MR) is 87.5 cm³/mol. The van der Waals surface area contributed by atoms with Crippen molar-refractivity contribution in [1.29, 1.82) is 0 Å². The van der Waals surface area contributed by atoms with Gasteiger partial charge in [0.2, 0.25) is 0 Å². The number of methoxy groups -OCH3 is 1. The first-order chi connectivity index (χ1) is 10.1. The molecule has 0 fully saturated rings. The van der Waals surface area contributed by atoms with Crippen LogP contribution in [-0.4, -0.2) is 32.4 Å². The minimum Gasteiger partial charge on any atom is -0.493 e. The fraction of sp³-hybridized carbons (Fsp3) is 0.647. The topological polar surface area (TPSA) is 30.5 Å². The van der Waals surface area contributed by atoms with Crippen LogP contribution in [0.15, 0.2) is 12.1 Å². The average molecular weight is 312 g/mol. The maximum absolute atomic E-state index is 6.25. The summed E-state index contributed by atoms with van der Waals surface area (Å²) in [5.74, 6) is 1.05. The van der Waals surface area contributed by atoms with Gasteiger partial charge in [0.1, 0.15) is 5.75 Å². The molecule has 3 nitrogen and oxygen atoms in total. The van der Waals surface area contributed by atoms with Gasteiger partial charge in [-0.2, -0.15) is 0 Å². The van der Waals surface area contributed by atoms with E-state index in [2.05, 4.69) is 19.2 Å². The molecule has 1 heterocycles. The normalized spacial score (nSPS) is 16.4. The van der Waals surface area contributed by atoms with Gasteiger partial charge in [0.05, 0.1) is 12.7 Å². The lowest BCUT2D eigenvalue weighted by atomic mass is 9.98. The Hall–Kier alpha value is -0.770. The summed E-state index contributed by atoms with van der Waals surface area (Å²) in [5, 5.41) is 4.42. The lowest BCUT2D eigenvalue weighted by Crippen LogP contribution is -2.35. The smallest absolute Gasteiger partial charge is 0.125 e. The number of rotatable bonds is 8. The highest BCUT2D eigenvalue weighted by atomic mass is 35.5. The van der Waals surface area contributed by atoms with Gasteiger partial charge in [-0.25, -0.2) is 0 Å². The maximum atomic E-state index is 6.25. The summed E-state index contributed by atoms with van der Waals surface area (Å²) in [6.45, 7) is 6.08. The molecule has 0 spiro atoms.